The zero-order chi connectivity index (χ0) is 17.5. The van der Waals surface area contributed by atoms with Gasteiger partial charge in [-0.15, -0.1) is 0 Å². The molecule has 0 saturated carbocycles. The number of hydrogen-bond acceptors (Lipinski definition) is 3. The van der Waals surface area contributed by atoms with E-state index in [1.54, 1.807) is 29.3 Å². The Morgan fingerprint density at radius 1 is 1.21 bits per heavy atom. The molecular weight excluding hydrogens is 349 g/mol. The third kappa shape index (κ3) is 5.51. The van der Waals surface area contributed by atoms with Gasteiger partial charge in [-0.05, 0) is 30.3 Å². The molecule has 0 saturated heterocycles. The molecule has 2 rings (SSSR count). The van der Waals surface area contributed by atoms with E-state index in [1.807, 2.05) is 18.2 Å². The highest BCUT2D eigenvalue weighted by molar-refractivity contribution is 6.35. The van der Waals surface area contributed by atoms with Gasteiger partial charge in [0.05, 0.1) is 22.9 Å². The minimum atomic E-state index is -0.244. The molecule has 0 unspecified atom stereocenters. The van der Waals surface area contributed by atoms with E-state index in [2.05, 4.69) is 10.3 Å². The molecule has 0 bridgehead atoms. The average Bonchev–Trinajstić information content (AvgIpc) is 2.55. The Bertz CT molecular complexity index is 723. The van der Waals surface area contributed by atoms with Crippen molar-refractivity contribution in [2.45, 2.75) is 19.9 Å². The zero-order valence-corrected chi connectivity index (χ0v) is 14.6. The number of benzene rings is 1. The Hall–Kier alpha value is -2.11. The number of hydrogen-bond donors (Lipinski definition) is 1. The van der Waals surface area contributed by atoms with Crippen molar-refractivity contribution in [2.75, 3.05) is 11.9 Å². The summed E-state index contributed by atoms with van der Waals surface area (Å²) >= 11 is 11.9. The summed E-state index contributed by atoms with van der Waals surface area (Å²) in [5, 5.41) is 3.59. The minimum absolute atomic E-state index is 0.116. The van der Waals surface area contributed by atoms with Crippen LogP contribution in [0.4, 0.5) is 5.69 Å². The predicted molar refractivity (Wildman–Crippen MR) is 95.0 cm³/mol. The summed E-state index contributed by atoms with van der Waals surface area (Å²) in [6.07, 6.45) is 1.82. The van der Waals surface area contributed by atoms with E-state index in [0.717, 1.165) is 5.69 Å². The van der Waals surface area contributed by atoms with E-state index in [1.165, 1.54) is 6.92 Å². The molecule has 1 heterocycles. The van der Waals surface area contributed by atoms with Crippen molar-refractivity contribution in [2.24, 2.45) is 0 Å². The molecule has 0 spiro atoms. The van der Waals surface area contributed by atoms with E-state index in [0.29, 0.717) is 22.3 Å². The van der Waals surface area contributed by atoms with E-state index < -0.39 is 0 Å². The fourth-order valence-electron chi connectivity index (χ4n) is 2.08. The molecule has 2 amide bonds. The maximum Gasteiger partial charge on any atom is 0.226 e. The summed E-state index contributed by atoms with van der Waals surface area (Å²) in [5.41, 5.74) is 1.22. The summed E-state index contributed by atoms with van der Waals surface area (Å²) in [6, 6.07) is 10.3. The molecule has 2 aromatic rings. The van der Waals surface area contributed by atoms with Gasteiger partial charge in [0.1, 0.15) is 0 Å². The molecule has 0 fully saturated rings. The van der Waals surface area contributed by atoms with Crippen molar-refractivity contribution in [1.29, 1.82) is 0 Å². The Labute approximate surface area is 150 Å². The third-order valence-electron chi connectivity index (χ3n) is 3.34. The Morgan fingerprint density at radius 3 is 2.67 bits per heavy atom. The van der Waals surface area contributed by atoms with Gasteiger partial charge in [-0.25, -0.2) is 0 Å². The predicted octanol–water partition coefficient (Wildman–Crippen LogP) is 3.77. The van der Waals surface area contributed by atoms with Gasteiger partial charge in [-0.2, -0.15) is 0 Å². The van der Waals surface area contributed by atoms with E-state index >= 15 is 0 Å². The fraction of sp³-hybridized carbons (Fsp3) is 0.235. The molecule has 0 aliphatic rings. The maximum atomic E-state index is 12.1. The van der Waals surface area contributed by atoms with E-state index in [4.69, 9.17) is 23.2 Å². The second kappa shape index (κ2) is 8.66. The van der Waals surface area contributed by atoms with Gasteiger partial charge in [0.2, 0.25) is 11.8 Å². The Balaban J connectivity index is 1.92. The van der Waals surface area contributed by atoms with E-state index in [-0.39, 0.29) is 24.8 Å². The SMILES string of the molecule is CC(=O)N(CCC(=O)Nc1cc(Cl)ccc1Cl)Cc1ccccn1. The molecule has 0 aliphatic carbocycles. The monoisotopic (exact) mass is 365 g/mol. The van der Waals surface area contributed by atoms with Crippen LogP contribution >= 0.6 is 23.2 Å². The normalized spacial score (nSPS) is 10.3. The van der Waals surface area contributed by atoms with Crippen LogP contribution in [0.2, 0.25) is 10.0 Å². The van der Waals surface area contributed by atoms with Crippen LogP contribution < -0.4 is 5.32 Å². The van der Waals surface area contributed by atoms with Crippen molar-refractivity contribution in [3.8, 4) is 0 Å². The van der Waals surface area contributed by atoms with Crippen molar-refractivity contribution in [3.05, 3.63) is 58.3 Å². The molecule has 24 heavy (non-hydrogen) atoms. The van der Waals surface area contributed by atoms with Crippen molar-refractivity contribution >= 4 is 40.7 Å². The third-order valence-corrected chi connectivity index (χ3v) is 3.90. The number of halogens is 2. The number of anilines is 1. The maximum absolute atomic E-state index is 12.1. The van der Waals surface area contributed by atoms with Crippen LogP contribution in [0.5, 0.6) is 0 Å². The van der Waals surface area contributed by atoms with Crippen LogP contribution in [0.1, 0.15) is 19.0 Å². The molecule has 0 atom stereocenters. The van der Waals surface area contributed by atoms with Crippen LogP contribution in [0, 0.1) is 0 Å². The second-order valence-corrected chi connectivity index (χ2v) is 6.03. The van der Waals surface area contributed by atoms with Crippen LogP contribution in [0.15, 0.2) is 42.6 Å². The van der Waals surface area contributed by atoms with Crippen molar-refractivity contribution < 1.29 is 9.59 Å². The molecule has 7 heteroatoms. The lowest BCUT2D eigenvalue weighted by Crippen LogP contribution is -2.31. The Kier molecular flexibility index (Phi) is 6.58. The molecule has 1 aromatic carbocycles. The lowest BCUT2D eigenvalue weighted by atomic mass is 10.2. The standard InChI is InChI=1S/C17H17Cl2N3O2/c1-12(23)22(11-14-4-2-3-8-20-14)9-7-17(24)21-16-10-13(18)5-6-15(16)19/h2-6,8,10H,7,9,11H2,1H3,(H,21,24). The lowest BCUT2D eigenvalue weighted by Gasteiger charge is -2.20. The largest absolute Gasteiger partial charge is 0.337 e. The minimum Gasteiger partial charge on any atom is -0.337 e. The summed E-state index contributed by atoms with van der Waals surface area (Å²) in [5.74, 6) is -0.360. The average molecular weight is 366 g/mol. The van der Waals surface area contributed by atoms with Gasteiger partial charge < -0.3 is 10.2 Å². The highest BCUT2D eigenvalue weighted by atomic mass is 35.5. The number of aromatic nitrogens is 1. The number of rotatable bonds is 6. The first kappa shape index (κ1) is 18.2. The van der Waals surface area contributed by atoms with Crippen LogP contribution in [-0.2, 0) is 16.1 Å². The lowest BCUT2D eigenvalue weighted by molar-refractivity contribution is -0.130. The summed E-state index contributed by atoms with van der Waals surface area (Å²) in [7, 11) is 0. The number of nitrogens with one attached hydrogen (secondary N) is 1. The number of pyridine rings is 1. The molecule has 0 radical (unpaired) electrons. The number of amides is 2. The summed E-state index contributed by atoms with van der Waals surface area (Å²) < 4.78 is 0. The Morgan fingerprint density at radius 2 is 2.00 bits per heavy atom. The van der Waals surface area contributed by atoms with Crippen molar-refractivity contribution in [3.63, 3.8) is 0 Å². The van der Waals surface area contributed by atoms with Crippen LogP contribution in [0.3, 0.4) is 0 Å². The molecule has 5 nitrogen and oxygen atoms in total. The fourth-order valence-corrected chi connectivity index (χ4v) is 2.41. The van der Waals surface area contributed by atoms with Gasteiger partial charge >= 0.3 is 0 Å². The molecule has 0 aliphatic heterocycles. The summed E-state index contributed by atoms with van der Waals surface area (Å²) in [4.78, 5) is 29.6. The number of carbonyl (C=O) groups excluding carboxylic acids is 2. The first-order chi connectivity index (χ1) is 11.5. The smallest absolute Gasteiger partial charge is 0.226 e. The molecular formula is C17H17Cl2N3O2. The van der Waals surface area contributed by atoms with Gasteiger partial charge in [-0.1, -0.05) is 29.3 Å². The molecule has 126 valence electrons. The van der Waals surface area contributed by atoms with Crippen molar-refractivity contribution in [1.82, 2.24) is 9.88 Å². The second-order valence-electron chi connectivity index (χ2n) is 5.18. The van der Waals surface area contributed by atoms with Gasteiger partial charge in [0.15, 0.2) is 0 Å². The first-order valence-electron chi connectivity index (χ1n) is 7.36. The number of nitrogens with zero attached hydrogens (tertiary/aromatic N) is 2. The highest BCUT2D eigenvalue weighted by Crippen LogP contribution is 2.25. The molecule has 1 N–H and O–H groups in total. The topological polar surface area (TPSA) is 62.3 Å². The highest BCUT2D eigenvalue weighted by Gasteiger charge is 2.13. The number of carbonyl (C=O) groups is 2. The van der Waals surface area contributed by atoms with Crippen LogP contribution in [-0.4, -0.2) is 28.2 Å². The van der Waals surface area contributed by atoms with Gasteiger partial charge in [-0.3, -0.25) is 14.6 Å². The first-order valence-corrected chi connectivity index (χ1v) is 8.11. The van der Waals surface area contributed by atoms with E-state index in [9.17, 15) is 9.59 Å². The van der Waals surface area contributed by atoms with Crippen LogP contribution in [0.25, 0.3) is 0 Å². The van der Waals surface area contributed by atoms with Gasteiger partial charge in [0, 0.05) is 31.1 Å². The van der Waals surface area contributed by atoms with Gasteiger partial charge in [0.25, 0.3) is 0 Å². The zero-order valence-electron chi connectivity index (χ0n) is 13.1. The quantitative estimate of drug-likeness (QED) is 0.847. The molecule has 1 aromatic heterocycles. The summed E-state index contributed by atoms with van der Waals surface area (Å²) in [6.45, 7) is 2.12.